The number of aryl methyl sites for hydroxylation is 2. The maximum absolute atomic E-state index is 11.9. The molecule has 0 aliphatic carbocycles. The average molecular weight is 321 g/mol. The zero-order valence-electron chi connectivity index (χ0n) is 11.9. The average Bonchev–Trinajstić information content (AvgIpc) is 2.44. The van der Waals surface area contributed by atoms with Gasteiger partial charge in [-0.1, -0.05) is 23.7 Å². The molecule has 0 unspecified atom stereocenters. The van der Waals surface area contributed by atoms with Crippen molar-refractivity contribution in [1.82, 2.24) is 0 Å². The molecule has 2 aromatic carbocycles. The quantitative estimate of drug-likeness (QED) is 0.668. The van der Waals surface area contributed by atoms with E-state index in [0.717, 1.165) is 11.1 Å². The number of hydrogen-bond donors (Lipinski definition) is 1. The van der Waals surface area contributed by atoms with E-state index >= 15 is 0 Å². The highest BCUT2D eigenvalue weighted by Crippen LogP contribution is 2.27. The fraction of sp³-hybridized carbons (Fsp3) is 0.133. The van der Waals surface area contributed by atoms with E-state index in [1.54, 1.807) is 32.0 Å². The second-order valence-electron chi connectivity index (χ2n) is 4.66. The number of para-hydroxylation sites is 2. The molecule has 0 heterocycles. The van der Waals surface area contributed by atoms with Crippen LogP contribution < -0.4 is 10.1 Å². The van der Waals surface area contributed by atoms with Crippen LogP contribution in [0.3, 0.4) is 0 Å². The summed E-state index contributed by atoms with van der Waals surface area (Å²) in [5.74, 6) is 0.315. The van der Waals surface area contributed by atoms with Crippen LogP contribution in [0.1, 0.15) is 11.1 Å². The van der Waals surface area contributed by atoms with E-state index in [9.17, 15) is 14.9 Å². The number of nitrogens with zero attached hydrogens (tertiary/aromatic N) is 1. The van der Waals surface area contributed by atoms with Crippen LogP contribution in [0.2, 0.25) is 5.02 Å². The number of nitro benzene ring substituents is 1. The highest BCUT2D eigenvalue weighted by atomic mass is 35.5. The van der Waals surface area contributed by atoms with Crippen molar-refractivity contribution in [2.24, 2.45) is 0 Å². The molecule has 6 nitrogen and oxygen atoms in total. The maximum Gasteiger partial charge on any atom is 0.417 e. The number of benzene rings is 2. The largest absolute Gasteiger partial charge is 0.417 e. The minimum absolute atomic E-state index is 0.0694. The van der Waals surface area contributed by atoms with Gasteiger partial charge in [0, 0.05) is 11.1 Å². The summed E-state index contributed by atoms with van der Waals surface area (Å²) >= 11 is 6.04. The summed E-state index contributed by atoms with van der Waals surface area (Å²) in [6.07, 6.45) is -0.810. The Morgan fingerprint density at radius 2 is 1.82 bits per heavy atom. The molecule has 0 aromatic heterocycles. The summed E-state index contributed by atoms with van der Waals surface area (Å²) in [7, 11) is 0. The molecular formula is C15H13ClN2O4. The van der Waals surface area contributed by atoms with Crippen LogP contribution in [0.4, 0.5) is 16.2 Å². The number of carbonyl (C=O) groups excluding carboxylic acids is 1. The Balaban J connectivity index is 2.16. The van der Waals surface area contributed by atoms with E-state index in [1.165, 1.54) is 18.2 Å². The first-order chi connectivity index (χ1) is 10.4. The van der Waals surface area contributed by atoms with Gasteiger partial charge in [-0.05, 0) is 43.2 Å². The summed E-state index contributed by atoms with van der Waals surface area (Å²) in [6, 6.07) is 9.06. The fourth-order valence-electron chi connectivity index (χ4n) is 1.95. The molecule has 22 heavy (non-hydrogen) atoms. The zero-order chi connectivity index (χ0) is 16.3. The SMILES string of the molecule is Cc1cc(OC(=O)Nc2ccccc2[N+](=O)[O-])cc(C)c1Cl. The molecule has 0 spiro atoms. The van der Waals surface area contributed by atoms with Crippen molar-refractivity contribution in [3.63, 3.8) is 0 Å². The van der Waals surface area contributed by atoms with Gasteiger partial charge in [-0.15, -0.1) is 0 Å². The minimum atomic E-state index is -0.810. The summed E-state index contributed by atoms with van der Waals surface area (Å²) in [6.45, 7) is 3.59. The lowest BCUT2D eigenvalue weighted by atomic mass is 10.1. The lowest BCUT2D eigenvalue weighted by molar-refractivity contribution is -0.383. The van der Waals surface area contributed by atoms with Crippen LogP contribution in [-0.2, 0) is 0 Å². The topological polar surface area (TPSA) is 81.5 Å². The first-order valence-electron chi connectivity index (χ1n) is 6.37. The Morgan fingerprint density at radius 1 is 1.23 bits per heavy atom. The molecule has 0 aliphatic heterocycles. The molecule has 0 radical (unpaired) electrons. The lowest BCUT2D eigenvalue weighted by Gasteiger charge is -2.09. The Bertz CT molecular complexity index is 723. The van der Waals surface area contributed by atoms with Gasteiger partial charge in [0.15, 0.2) is 0 Å². The lowest BCUT2D eigenvalue weighted by Crippen LogP contribution is -2.17. The van der Waals surface area contributed by atoms with Gasteiger partial charge in [-0.3, -0.25) is 15.4 Å². The number of amides is 1. The first-order valence-corrected chi connectivity index (χ1v) is 6.75. The second-order valence-corrected chi connectivity index (χ2v) is 5.04. The number of anilines is 1. The summed E-state index contributed by atoms with van der Waals surface area (Å²) in [5, 5.41) is 13.8. The van der Waals surface area contributed by atoms with Gasteiger partial charge in [-0.2, -0.15) is 0 Å². The molecule has 1 N–H and O–H groups in total. The predicted molar refractivity (Wildman–Crippen MR) is 83.7 cm³/mol. The first kappa shape index (κ1) is 15.8. The van der Waals surface area contributed by atoms with Gasteiger partial charge < -0.3 is 4.74 Å². The van der Waals surface area contributed by atoms with Crippen molar-refractivity contribution in [3.05, 3.63) is 62.7 Å². The van der Waals surface area contributed by atoms with E-state index in [0.29, 0.717) is 10.8 Å². The van der Waals surface area contributed by atoms with E-state index in [1.807, 2.05) is 0 Å². The fourth-order valence-corrected chi connectivity index (χ4v) is 2.06. The number of ether oxygens (including phenoxy) is 1. The van der Waals surface area contributed by atoms with Gasteiger partial charge in [0.25, 0.3) is 5.69 Å². The molecule has 0 atom stereocenters. The molecular weight excluding hydrogens is 308 g/mol. The monoisotopic (exact) mass is 320 g/mol. The van der Waals surface area contributed by atoms with Crippen LogP contribution in [0, 0.1) is 24.0 Å². The summed E-state index contributed by atoms with van der Waals surface area (Å²) in [5.41, 5.74) is 1.41. The Kier molecular flexibility index (Phi) is 4.62. The van der Waals surface area contributed by atoms with Crippen molar-refractivity contribution < 1.29 is 14.5 Å². The van der Waals surface area contributed by atoms with Gasteiger partial charge >= 0.3 is 6.09 Å². The molecule has 1 amide bonds. The molecule has 0 saturated heterocycles. The van der Waals surface area contributed by atoms with Crippen molar-refractivity contribution in [2.45, 2.75) is 13.8 Å². The van der Waals surface area contributed by atoms with Gasteiger partial charge in [0.2, 0.25) is 0 Å². The minimum Gasteiger partial charge on any atom is -0.410 e. The Labute approximate surface area is 131 Å². The van der Waals surface area contributed by atoms with E-state index in [-0.39, 0.29) is 11.4 Å². The number of hydrogen-bond acceptors (Lipinski definition) is 4. The predicted octanol–water partition coefficient (Wildman–Crippen LogP) is 4.48. The van der Waals surface area contributed by atoms with Gasteiger partial charge in [-0.25, -0.2) is 4.79 Å². The summed E-state index contributed by atoms with van der Waals surface area (Å²) < 4.78 is 5.14. The third-order valence-electron chi connectivity index (χ3n) is 2.96. The van der Waals surface area contributed by atoms with Crippen LogP contribution in [0.25, 0.3) is 0 Å². The molecule has 114 valence electrons. The van der Waals surface area contributed by atoms with E-state index in [4.69, 9.17) is 16.3 Å². The Morgan fingerprint density at radius 3 is 2.41 bits per heavy atom. The molecule has 2 rings (SSSR count). The smallest absolute Gasteiger partial charge is 0.410 e. The number of carbonyl (C=O) groups is 1. The Hall–Kier alpha value is -2.60. The summed E-state index contributed by atoms with van der Waals surface area (Å²) in [4.78, 5) is 22.2. The number of rotatable bonds is 3. The van der Waals surface area contributed by atoms with Crippen molar-refractivity contribution in [1.29, 1.82) is 0 Å². The third kappa shape index (κ3) is 3.53. The normalized spacial score (nSPS) is 10.1. The van der Waals surface area contributed by atoms with E-state index < -0.39 is 11.0 Å². The number of halogens is 1. The highest BCUT2D eigenvalue weighted by molar-refractivity contribution is 6.32. The molecule has 0 aliphatic rings. The standard InChI is InChI=1S/C15H13ClN2O4/c1-9-7-11(8-10(2)14(9)16)22-15(19)17-12-5-3-4-6-13(12)18(20)21/h3-8H,1-2H3,(H,17,19). The maximum atomic E-state index is 11.9. The molecule has 0 bridgehead atoms. The van der Waals surface area contributed by atoms with E-state index in [2.05, 4.69) is 5.32 Å². The van der Waals surface area contributed by atoms with Gasteiger partial charge in [0.1, 0.15) is 11.4 Å². The molecule has 7 heteroatoms. The molecule has 2 aromatic rings. The van der Waals surface area contributed by atoms with Crippen LogP contribution in [-0.4, -0.2) is 11.0 Å². The number of nitrogens with one attached hydrogen (secondary N) is 1. The van der Waals surface area contributed by atoms with Crippen molar-refractivity contribution in [3.8, 4) is 5.75 Å². The van der Waals surface area contributed by atoms with Crippen LogP contribution in [0.15, 0.2) is 36.4 Å². The third-order valence-corrected chi connectivity index (χ3v) is 3.55. The van der Waals surface area contributed by atoms with Crippen LogP contribution >= 0.6 is 11.6 Å². The van der Waals surface area contributed by atoms with Crippen LogP contribution in [0.5, 0.6) is 5.75 Å². The number of nitro groups is 1. The zero-order valence-corrected chi connectivity index (χ0v) is 12.7. The molecule has 0 saturated carbocycles. The van der Waals surface area contributed by atoms with Crippen molar-refractivity contribution in [2.75, 3.05) is 5.32 Å². The van der Waals surface area contributed by atoms with Gasteiger partial charge in [0.05, 0.1) is 4.92 Å². The second kappa shape index (κ2) is 6.44. The highest BCUT2D eigenvalue weighted by Gasteiger charge is 2.16. The molecule has 0 fully saturated rings. The van der Waals surface area contributed by atoms with Crippen molar-refractivity contribution >= 4 is 29.1 Å².